The standard InChI is InChI=1S/C12H19N3O4/c1-6-14(7-2)9-8(3)13-15(12(17)19-5)10(9)11(16)18-4/h6-7H2,1-5H3. The summed E-state index contributed by atoms with van der Waals surface area (Å²) in [6.07, 6.45) is -0.720. The number of methoxy groups -OCH3 is 2. The van der Waals surface area contributed by atoms with E-state index < -0.39 is 12.1 Å². The van der Waals surface area contributed by atoms with Gasteiger partial charge in [-0.15, -0.1) is 0 Å². The Balaban J connectivity index is 3.48. The topological polar surface area (TPSA) is 73.7 Å². The van der Waals surface area contributed by atoms with E-state index in [-0.39, 0.29) is 5.69 Å². The summed E-state index contributed by atoms with van der Waals surface area (Å²) in [5, 5.41) is 4.07. The maximum absolute atomic E-state index is 11.9. The van der Waals surface area contributed by atoms with Crippen LogP contribution in [0, 0.1) is 6.92 Å². The van der Waals surface area contributed by atoms with Gasteiger partial charge in [0.05, 0.1) is 25.6 Å². The first kappa shape index (κ1) is 15.0. The second-order valence-electron chi connectivity index (χ2n) is 3.83. The molecule has 0 N–H and O–H groups in total. The van der Waals surface area contributed by atoms with E-state index >= 15 is 0 Å². The van der Waals surface area contributed by atoms with Crippen molar-refractivity contribution >= 4 is 17.7 Å². The Morgan fingerprint density at radius 2 is 1.79 bits per heavy atom. The summed E-state index contributed by atoms with van der Waals surface area (Å²) in [4.78, 5) is 25.5. The number of ether oxygens (including phenoxy) is 2. The van der Waals surface area contributed by atoms with Crippen molar-refractivity contribution in [2.24, 2.45) is 0 Å². The summed E-state index contributed by atoms with van der Waals surface area (Å²) in [6.45, 7) is 7.03. The van der Waals surface area contributed by atoms with Crippen molar-refractivity contribution in [3.8, 4) is 0 Å². The molecular weight excluding hydrogens is 250 g/mol. The Morgan fingerprint density at radius 3 is 2.21 bits per heavy atom. The summed E-state index contributed by atoms with van der Waals surface area (Å²) >= 11 is 0. The number of hydrogen-bond donors (Lipinski definition) is 0. The minimum atomic E-state index is -0.720. The van der Waals surface area contributed by atoms with E-state index in [4.69, 9.17) is 4.74 Å². The van der Waals surface area contributed by atoms with Crippen LogP contribution in [0.2, 0.25) is 0 Å². The quantitative estimate of drug-likeness (QED) is 0.770. The molecule has 106 valence electrons. The Bertz CT molecular complexity index is 478. The van der Waals surface area contributed by atoms with Crippen molar-refractivity contribution in [2.75, 3.05) is 32.2 Å². The highest BCUT2D eigenvalue weighted by molar-refractivity contribution is 5.98. The van der Waals surface area contributed by atoms with Crippen LogP contribution in [0.25, 0.3) is 0 Å². The van der Waals surface area contributed by atoms with Crippen molar-refractivity contribution in [3.05, 3.63) is 11.4 Å². The lowest BCUT2D eigenvalue weighted by atomic mass is 10.2. The normalized spacial score (nSPS) is 10.2. The maximum atomic E-state index is 11.9. The van der Waals surface area contributed by atoms with E-state index in [9.17, 15) is 9.59 Å². The van der Waals surface area contributed by atoms with Crippen molar-refractivity contribution < 1.29 is 19.1 Å². The van der Waals surface area contributed by atoms with Gasteiger partial charge in [0.2, 0.25) is 0 Å². The first-order valence-electron chi connectivity index (χ1n) is 6.02. The van der Waals surface area contributed by atoms with Crippen LogP contribution >= 0.6 is 0 Å². The molecule has 0 bridgehead atoms. The molecule has 0 atom stereocenters. The molecule has 0 saturated heterocycles. The number of rotatable bonds is 4. The molecule has 1 aromatic heterocycles. The van der Waals surface area contributed by atoms with Crippen molar-refractivity contribution in [3.63, 3.8) is 0 Å². The van der Waals surface area contributed by atoms with Crippen molar-refractivity contribution in [2.45, 2.75) is 20.8 Å². The van der Waals surface area contributed by atoms with Gasteiger partial charge in [-0.25, -0.2) is 9.59 Å². The molecule has 7 nitrogen and oxygen atoms in total. The Labute approximate surface area is 112 Å². The molecule has 0 aromatic carbocycles. The van der Waals surface area contributed by atoms with Crippen LogP contribution < -0.4 is 4.90 Å². The summed E-state index contributed by atoms with van der Waals surface area (Å²) < 4.78 is 10.3. The van der Waals surface area contributed by atoms with Crippen LogP contribution in [0.3, 0.4) is 0 Å². The van der Waals surface area contributed by atoms with E-state index in [0.717, 1.165) is 4.68 Å². The number of esters is 1. The molecule has 0 spiro atoms. The number of carbonyl (C=O) groups is 2. The molecule has 0 saturated carbocycles. The van der Waals surface area contributed by atoms with E-state index in [1.807, 2.05) is 18.7 Å². The summed E-state index contributed by atoms with van der Waals surface area (Å²) in [7, 11) is 2.50. The van der Waals surface area contributed by atoms with Crippen molar-refractivity contribution in [1.82, 2.24) is 9.78 Å². The summed E-state index contributed by atoms with van der Waals surface area (Å²) in [6, 6.07) is 0. The van der Waals surface area contributed by atoms with Gasteiger partial charge in [-0.1, -0.05) is 0 Å². The fourth-order valence-electron chi connectivity index (χ4n) is 1.94. The molecule has 0 fully saturated rings. The lowest BCUT2D eigenvalue weighted by molar-refractivity contribution is 0.0585. The molecule has 19 heavy (non-hydrogen) atoms. The van der Waals surface area contributed by atoms with Crippen molar-refractivity contribution in [1.29, 1.82) is 0 Å². The van der Waals surface area contributed by atoms with E-state index in [0.29, 0.717) is 24.5 Å². The summed E-state index contributed by atoms with van der Waals surface area (Å²) in [5.74, 6) is -0.618. The highest BCUT2D eigenvalue weighted by Gasteiger charge is 2.28. The average molecular weight is 269 g/mol. The van der Waals surface area contributed by atoms with Gasteiger partial charge in [0.1, 0.15) is 0 Å². The predicted octanol–water partition coefficient (Wildman–Crippen LogP) is 1.44. The van der Waals surface area contributed by atoms with Gasteiger partial charge in [-0.05, 0) is 20.8 Å². The third-order valence-electron chi connectivity index (χ3n) is 2.83. The second kappa shape index (κ2) is 6.21. The van der Waals surface area contributed by atoms with Gasteiger partial charge in [0.15, 0.2) is 5.69 Å². The van der Waals surface area contributed by atoms with E-state index in [1.54, 1.807) is 6.92 Å². The minimum Gasteiger partial charge on any atom is -0.464 e. The molecule has 1 heterocycles. The summed E-state index contributed by atoms with van der Waals surface area (Å²) in [5.41, 5.74) is 1.27. The zero-order chi connectivity index (χ0) is 14.6. The molecule has 0 amide bonds. The molecule has 1 rings (SSSR count). The average Bonchev–Trinajstić information content (AvgIpc) is 2.76. The Kier molecular flexibility index (Phi) is 4.91. The lowest BCUT2D eigenvalue weighted by Crippen LogP contribution is -2.26. The third kappa shape index (κ3) is 2.69. The zero-order valence-electron chi connectivity index (χ0n) is 11.9. The number of carbonyl (C=O) groups excluding carboxylic acids is 2. The second-order valence-corrected chi connectivity index (χ2v) is 3.83. The largest absolute Gasteiger partial charge is 0.464 e. The lowest BCUT2D eigenvalue weighted by Gasteiger charge is -2.21. The van der Waals surface area contributed by atoms with Crippen LogP contribution in [0.1, 0.15) is 30.0 Å². The molecule has 0 unspecified atom stereocenters. The molecule has 0 aliphatic heterocycles. The van der Waals surface area contributed by atoms with Gasteiger partial charge in [0, 0.05) is 13.1 Å². The van der Waals surface area contributed by atoms with E-state index in [2.05, 4.69) is 9.84 Å². The third-order valence-corrected chi connectivity index (χ3v) is 2.83. The number of nitrogens with zero attached hydrogens (tertiary/aromatic N) is 3. The fourth-order valence-corrected chi connectivity index (χ4v) is 1.94. The number of aromatic nitrogens is 2. The number of aryl methyl sites for hydroxylation is 1. The van der Waals surface area contributed by atoms with Crippen LogP contribution in [-0.2, 0) is 9.47 Å². The highest BCUT2D eigenvalue weighted by atomic mass is 16.5. The van der Waals surface area contributed by atoms with Crippen LogP contribution in [0.4, 0.5) is 10.5 Å². The predicted molar refractivity (Wildman–Crippen MR) is 69.7 cm³/mol. The number of hydrogen-bond acceptors (Lipinski definition) is 6. The Morgan fingerprint density at radius 1 is 1.21 bits per heavy atom. The molecule has 0 aliphatic carbocycles. The Hall–Kier alpha value is -2.05. The first-order valence-corrected chi connectivity index (χ1v) is 6.02. The molecular formula is C12H19N3O4. The van der Waals surface area contributed by atoms with Crippen LogP contribution in [0.15, 0.2) is 0 Å². The van der Waals surface area contributed by atoms with Gasteiger partial charge in [-0.2, -0.15) is 9.78 Å². The SMILES string of the molecule is CCN(CC)c1c(C)nn(C(=O)OC)c1C(=O)OC. The number of anilines is 1. The molecule has 7 heteroatoms. The molecule has 0 radical (unpaired) electrons. The van der Waals surface area contributed by atoms with Gasteiger partial charge >= 0.3 is 12.1 Å². The van der Waals surface area contributed by atoms with Crippen LogP contribution in [0.5, 0.6) is 0 Å². The smallest absolute Gasteiger partial charge is 0.435 e. The fraction of sp³-hybridized carbons (Fsp3) is 0.583. The monoisotopic (exact) mass is 269 g/mol. The maximum Gasteiger partial charge on any atom is 0.435 e. The highest BCUT2D eigenvalue weighted by Crippen LogP contribution is 2.25. The minimum absolute atomic E-state index is 0.0931. The first-order chi connectivity index (χ1) is 9.01. The molecule has 1 aromatic rings. The van der Waals surface area contributed by atoms with Gasteiger partial charge in [-0.3, -0.25) is 0 Å². The van der Waals surface area contributed by atoms with Gasteiger partial charge in [0.25, 0.3) is 0 Å². The molecule has 0 aliphatic rings. The van der Waals surface area contributed by atoms with Gasteiger partial charge < -0.3 is 14.4 Å². The van der Waals surface area contributed by atoms with E-state index in [1.165, 1.54) is 14.2 Å². The van der Waals surface area contributed by atoms with Crippen LogP contribution in [-0.4, -0.2) is 49.2 Å². The zero-order valence-corrected chi connectivity index (χ0v) is 11.9.